The molecular formula is C19H20Cl2N2O4S. The van der Waals surface area contributed by atoms with Crippen molar-refractivity contribution < 1.29 is 17.9 Å². The number of sulfonamides is 1. The zero-order chi connectivity index (χ0) is 20.3. The van der Waals surface area contributed by atoms with E-state index in [1.165, 1.54) is 16.4 Å². The van der Waals surface area contributed by atoms with Gasteiger partial charge in [0.25, 0.3) is 5.91 Å². The molecule has 28 heavy (non-hydrogen) atoms. The van der Waals surface area contributed by atoms with E-state index in [9.17, 15) is 13.2 Å². The third kappa shape index (κ3) is 4.60. The summed E-state index contributed by atoms with van der Waals surface area (Å²) in [5.74, 6) is 0.402. The molecule has 9 heteroatoms. The summed E-state index contributed by atoms with van der Waals surface area (Å²) in [6, 6.07) is 11.0. The van der Waals surface area contributed by atoms with Gasteiger partial charge in [0.15, 0.2) is 0 Å². The highest BCUT2D eigenvalue weighted by atomic mass is 35.5. The molecule has 0 aliphatic carbocycles. The van der Waals surface area contributed by atoms with E-state index in [1.54, 1.807) is 35.2 Å². The number of ether oxygens (including phenoxy) is 1. The van der Waals surface area contributed by atoms with E-state index < -0.39 is 10.0 Å². The Labute approximate surface area is 174 Å². The minimum absolute atomic E-state index is 0.206. The largest absolute Gasteiger partial charge is 0.494 e. The Morgan fingerprint density at radius 1 is 1.00 bits per heavy atom. The van der Waals surface area contributed by atoms with Gasteiger partial charge >= 0.3 is 0 Å². The highest BCUT2D eigenvalue weighted by Crippen LogP contribution is 2.23. The van der Waals surface area contributed by atoms with Crippen LogP contribution in [0.15, 0.2) is 47.4 Å². The van der Waals surface area contributed by atoms with Crippen molar-refractivity contribution in [3.8, 4) is 5.75 Å². The first-order valence-corrected chi connectivity index (χ1v) is 11.0. The van der Waals surface area contributed by atoms with Crippen LogP contribution in [0.5, 0.6) is 5.75 Å². The number of rotatable bonds is 5. The molecular weight excluding hydrogens is 423 g/mol. The van der Waals surface area contributed by atoms with Crippen LogP contribution in [0.1, 0.15) is 17.3 Å². The summed E-state index contributed by atoms with van der Waals surface area (Å²) in [5, 5.41) is 0.764. The molecule has 3 rings (SSSR count). The van der Waals surface area contributed by atoms with Crippen LogP contribution >= 0.6 is 23.2 Å². The molecule has 2 aromatic carbocycles. The minimum atomic E-state index is -3.62. The summed E-state index contributed by atoms with van der Waals surface area (Å²) >= 11 is 11.9. The van der Waals surface area contributed by atoms with Gasteiger partial charge < -0.3 is 9.64 Å². The second-order valence-corrected chi connectivity index (χ2v) is 9.07. The van der Waals surface area contributed by atoms with Crippen molar-refractivity contribution >= 4 is 39.1 Å². The summed E-state index contributed by atoms with van der Waals surface area (Å²) in [7, 11) is -3.62. The van der Waals surface area contributed by atoms with Gasteiger partial charge in [-0.1, -0.05) is 23.2 Å². The monoisotopic (exact) mass is 442 g/mol. The number of halogens is 2. The molecule has 0 aromatic heterocycles. The SMILES string of the molecule is CCOc1ccc(S(=O)(=O)N2CCN(C(=O)c3cc(Cl)cc(Cl)c3)CC2)cc1. The van der Waals surface area contributed by atoms with Gasteiger partial charge in [-0.05, 0) is 49.4 Å². The molecule has 1 fully saturated rings. The van der Waals surface area contributed by atoms with E-state index in [1.807, 2.05) is 6.92 Å². The lowest BCUT2D eigenvalue weighted by Crippen LogP contribution is -2.50. The van der Waals surface area contributed by atoms with Gasteiger partial charge in [0, 0.05) is 41.8 Å². The third-order valence-electron chi connectivity index (χ3n) is 4.41. The fourth-order valence-corrected chi connectivity index (χ4v) is 4.96. The molecule has 1 aliphatic rings. The molecule has 2 aromatic rings. The molecule has 0 spiro atoms. The van der Waals surface area contributed by atoms with E-state index >= 15 is 0 Å². The number of hydrogen-bond acceptors (Lipinski definition) is 4. The molecule has 1 saturated heterocycles. The molecule has 1 heterocycles. The van der Waals surface area contributed by atoms with Crippen molar-refractivity contribution in [1.29, 1.82) is 0 Å². The maximum atomic E-state index is 12.8. The zero-order valence-electron chi connectivity index (χ0n) is 15.3. The van der Waals surface area contributed by atoms with Crippen LogP contribution < -0.4 is 4.74 Å². The molecule has 1 aliphatic heterocycles. The normalized spacial score (nSPS) is 15.5. The summed E-state index contributed by atoms with van der Waals surface area (Å²) in [4.78, 5) is 14.5. The lowest BCUT2D eigenvalue weighted by atomic mass is 10.2. The van der Waals surface area contributed by atoms with Crippen molar-refractivity contribution in [3.63, 3.8) is 0 Å². The molecule has 0 bridgehead atoms. The van der Waals surface area contributed by atoms with Gasteiger partial charge in [-0.25, -0.2) is 8.42 Å². The summed E-state index contributed by atoms with van der Waals surface area (Å²) < 4.78 is 32.4. The quantitative estimate of drug-likeness (QED) is 0.709. The van der Waals surface area contributed by atoms with Crippen molar-refractivity contribution in [2.45, 2.75) is 11.8 Å². The van der Waals surface area contributed by atoms with Gasteiger partial charge in [-0.2, -0.15) is 4.31 Å². The topological polar surface area (TPSA) is 66.9 Å². The van der Waals surface area contributed by atoms with Gasteiger partial charge in [-0.15, -0.1) is 0 Å². The molecule has 150 valence electrons. The van der Waals surface area contributed by atoms with Gasteiger partial charge in [0.2, 0.25) is 10.0 Å². The van der Waals surface area contributed by atoms with E-state index in [0.717, 1.165) is 0 Å². The lowest BCUT2D eigenvalue weighted by Gasteiger charge is -2.34. The molecule has 1 amide bonds. The number of carbonyl (C=O) groups excluding carboxylic acids is 1. The maximum Gasteiger partial charge on any atom is 0.254 e. The Kier molecular flexibility index (Phi) is 6.50. The highest BCUT2D eigenvalue weighted by molar-refractivity contribution is 7.89. The predicted octanol–water partition coefficient (Wildman–Crippen LogP) is 3.54. The van der Waals surface area contributed by atoms with Crippen molar-refractivity contribution in [2.24, 2.45) is 0 Å². The van der Waals surface area contributed by atoms with E-state index in [2.05, 4.69) is 0 Å². The van der Waals surface area contributed by atoms with E-state index in [0.29, 0.717) is 41.1 Å². The predicted molar refractivity (Wildman–Crippen MR) is 109 cm³/mol. The van der Waals surface area contributed by atoms with Gasteiger partial charge in [0.05, 0.1) is 11.5 Å². The molecule has 6 nitrogen and oxygen atoms in total. The highest BCUT2D eigenvalue weighted by Gasteiger charge is 2.30. The fraction of sp³-hybridized carbons (Fsp3) is 0.316. The standard InChI is InChI=1S/C19H20Cl2N2O4S/c1-2-27-17-3-5-18(6-4-17)28(25,26)23-9-7-22(8-10-23)19(24)14-11-15(20)13-16(21)12-14/h3-6,11-13H,2,7-10H2,1H3. The van der Waals surface area contributed by atoms with Crippen LogP contribution in [0.25, 0.3) is 0 Å². The Bertz CT molecular complexity index is 936. The van der Waals surface area contributed by atoms with Crippen molar-refractivity contribution in [2.75, 3.05) is 32.8 Å². The summed E-state index contributed by atoms with van der Waals surface area (Å²) in [6.07, 6.45) is 0. The minimum Gasteiger partial charge on any atom is -0.494 e. The number of hydrogen-bond donors (Lipinski definition) is 0. The van der Waals surface area contributed by atoms with Crippen LogP contribution in [0.3, 0.4) is 0 Å². The van der Waals surface area contributed by atoms with Crippen LogP contribution in [-0.4, -0.2) is 56.3 Å². The molecule has 0 unspecified atom stereocenters. The Hall–Kier alpha value is -1.80. The Morgan fingerprint density at radius 3 is 2.11 bits per heavy atom. The van der Waals surface area contributed by atoms with E-state index in [4.69, 9.17) is 27.9 Å². The lowest BCUT2D eigenvalue weighted by molar-refractivity contribution is 0.0698. The summed E-state index contributed by atoms with van der Waals surface area (Å²) in [5.41, 5.74) is 0.389. The first kappa shape index (κ1) is 20.9. The average Bonchev–Trinajstić information content (AvgIpc) is 2.67. The fourth-order valence-electron chi connectivity index (χ4n) is 3.02. The third-order valence-corrected chi connectivity index (χ3v) is 6.76. The van der Waals surface area contributed by atoms with Crippen LogP contribution in [0.4, 0.5) is 0 Å². The zero-order valence-corrected chi connectivity index (χ0v) is 17.6. The second kappa shape index (κ2) is 8.69. The second-order valence-electron chi connectivity index (χ2n) is 6.26. The van der Waals surface area contributed by atoms with Crippen LogP contribution in [0.2, 0.25) is 10.0 Å². The number of piperazine rings is 1. The molecule has 0 N–H and O–H groups in total. The van der Waals surface area contributed by atoms with Crippen molar-refractivity contribution in [3.05, 3.63) is 58.1 Å². The molecule has 0 saturated carbocycles. The average molecular weight is 443 g/mol. The molecule has 0 radical (unpaired) electrons. The van der Waals surface area contributed by atoms with Crippen molar-refractivity contribution in [1.82, 2.24) is 9.21 Å². The van der Waals surface area contributed by atoms with Gasteiger partial charge in [-0.3, -0.25) is 4.79 Å². The first-order chi connectivity index (χ1) is 13.3. The Balaban J connectivity index is 1.67. The van der Waals surface area contributed by atoms with Crippen LogP contribution in [-0.2, 0) is 10.0 Å². The number of benzene rings is 2. The smallest absolute Gasteiger partial charge is 0.254 e. The van der Waals surface area contributed by atoms with Crippen LogP contribution in [0, 0.1) is 0 Å². The van der Waals surface area contributed by atoms with Gasteiger partial charge in [0.1, 0.15) is 5.75 Å². The number of nitrogens with zero attached hydrogens (tertiary/aromatic N) is 2. The first-order valence-electron chi connectivity index (χ1n) is 8.79. The van der Waals surface area contributed by atoms with E-state index in [-0.39, 0.29) is 23.9 Å². The summed E-state index contributed by atoms with van der Waals surface area (Å²) in [6.45, 7) is 3.40. The molecule has 0 atom stereocenters. The Morgan fingerprint density at radius 2 is 1.57 bits per heavy atom. The maximum absolute atomic E-state index is 12.8. The number of amides is 1. The number of carbonyl (C=O) groups is 1.